The van der Waals surface area contributed by atoms with Gasteiger partial charge in [0, 0.05) is 9.86 Å². The van der Waals surface area contributed by atoms with Crippen LogP contribution in [0.25, 0.3) is 10.9 Å². The minimum atomic E-state index is -0.530. The number of aromatic nitrogens is 2. The minimum Gasteiger partial charge on any atom is -0.481 e. The van der Waals surface area contributed by atoms with Crippen LogP contribution in [0.3, 0.4) is 0 Å². The Bertz CT molecular complexity index is 835. The van der Waals surface area contributed by atoms with Gasteiger partial charge in [-0.3, -0.25) is 9.89 Å². The van der Waals surface area contributed by atoms with Gasteiger partial charge in [0.25, 0.3) is 5.91 Å². The average molecular weight is 364 g/mol. The number of H-pyrrole nitrogens is 1. The first-order valence-corrected chi connectivity index (χ1v) is 7.22. The third kappa shape index (κ3) is 3.09. The smallest absolute Gasteiger partial charge is 0.262 e. The fourth-order valence-electron chi connectivity index (χ4n) is 1.99. The van der Waals surface area contributed by atoms with Crippen LogP contribution < -0.4 is 10.1 Å². The summed E-state index contributed by atoms with van der Waals surface area (Å²) in [6.45, 7) is -0.289. The van der Waals surface area contributed by atoms with E-state index in [1.54, 1.807) is 18.3 Å². The molecule has 5 nitrogen and oxygen atoms in total. The standard InChI is InChI=1S/C15H11BrFN3O2/c16-10-4-5-13(11(17)6-10)22-8-14(21)19-12-3-1-2-9-7-18-20-15(9)12/h1-7H,8H2,(H,18,20)(H,19,21). The van der Waals surface area contributed by atoms with Gasteiger partial charge in [-0.2, -0.15) is 5.10 Å². The summed E-state index contributed by atoms with van der Waals surface area (Å²) in [4.78, 5) is 11.9. The molecule has 22 heavy (non-hydrogen) atoms. The molecule has 2 N–H and O–H groups in total. The van der Waals surface area contributed by atoms with Crippen molar-refractivity contribution in [2.75, 3.05) is 11.9 Å². The number of fused-ring (bicyclic) bond motifs is 1. The quantitative estimate of drug-likeness (QED) is 0.745. The normalized spacial score (nSPS) is 10.6. The number of carbonyl (C=O) groups is 1. The predicted molar refractivity (Wildman–Crippen MR) is 84.3 cm³/mol. The molecule has 0 radical (unpaired) electrons. The van der Waals surface area contributed by atoms with Gasteiger partial charge in [0.1, 0.15) is 0 Å². The second kappa shape index (κ2) is 6.15. The Morgan fingerprint density at radius 3 is 3.05 bits per heavy atom. The van der Waals surface area contributed by atoms with Crippen molar-refractivity contribution in [3.63, 3.8) is 0 Å². The van der Waals surface area contributed by atoms with Gasteiger partial charge >= 0.3 is 0 Å². The Morgan fingerprint density at radius 1 is 1.36 bits per heavy atom. The van der Waals surface area contributed by atoms with Crippen molar-refractivity contribution in [1.29, 1.82) is 0 Å². The van der Waals surface area contributed by atoms with E-state index >= 15 is 0 Å². The number of nitrogens with zero attached hydrogens (tertiary/aromatic N) is 1. The molecule has 1 amide bonds. The molecule has 1 aromatic heterocycles. The topological polar surface area (TPSA) is 67.0 Å². The van der Waals surface area contributed by atoms with Crippen LogP contribution in [0.4, 0.5) is 10.1 Å². The Kier molecular flexibility index (Phi) is 4.06. The second-order valence-electron chi connectivity index (χ2n) is 4.55. The summed E-state index contributed by atoms with van der Waals surface area (Å²) in [5.41, 5.74) is 1.32. The van der Waals surface area contributed by atoms with E-state index in [1.165, 1.54) is 12.1 Å². The van der Waals surface area contributed by atoms with Crippen molar-refractivity contribution in [3.8, 4) is 5.75 Å². The molecule has 0 aliphatic rings. The highest BCUT2D eigenvalue weighted by atomic mass is 79.9. The molecule has 1 heterocycles. The summed E-state index contributed by atoms with van der Waals surface area (Å²) < 4.78 is 19.4. The molecule has 0 aliphatic heterocycles. The van der Waals surface area contributed by atoms with E-state index in [9.17, 15) is 9.18 Å². The molecule has 0 spiro atoms. The van der Waals surface area contributed by atoms with E-state index in [2.05, 4.69) is 31.4 Å². The lowest BCUT2D eigenvalue weighted by Crippen LogP contribution is -2.20. The highest BCUT2D eigenvalue weighted by Gasteiger charge is 2.10. The van der Waals surface area contributed by atoms with Crippen molar-refractivity contribution in [1.82, 2.24) is 10.2 Å². The molecular weight excluding hydrogens is 353 g/mol. The van der Waals surface area contributed by atoms with E-state index < -0.39 is 5.82 Å². The fourth-order valence-corrected chi connectivity index (χ4v) is 2.33. The average Bonchev–Trinajstić information content (AvgIpc) is 2.96. The third-order valence-corrected chi connectivity index (χ3v) is 3.50. The number of nitrogens with one attached hydrogen (secondary N) is 2. The van der Waals surface area contributed by atoms with Gasteiger partial charge in [0.05, 0.1) is 17.4 Å². The minimum absolute atomic E-state index is 0.0260. The van der Waals surface area contributed by atoms with Crippen LogP contribution in [0.1, 0.15) is 0 Å². The molecule has 0 unspecified atom stereocenters. The molecule has 0 aliphatic carbocycles. The van der Waals surface area contributed by atoms with Crippen molar-refractivity contribution in [2.24, 2.45) is 0 Å². The molecule has 0 atom stereocenters. The predicted octanol–water partition coefficient (Wildman–Crippen LogP) is 3.48. The number of hydrogen-bond acceptors (Lipinski definition) is 3. The maximum absolute atomic E-state index is 13.6. The molecule has 3 aromatic rings. The highest BCUT2D eigenvalue weighted by Crippen LogP contribution is 2.22. The van der Waals surface area contributed by atoms with Crippen LogP contribution >= 0.6 is 15.9 Å². The number of para-hydroxylation sites is 1. The van der Waals surface area contributed by atoms with Crippen molar-refractivity contribution in [2.45, 2.75) is 0 Å². The van der Waals surface area contributed by atoms with Crippen molar-refractivity contribution in [3.05, 3.63) is 52.9 Å². The summed E-state index contributed by atoms with van der Waals surface area (Å²) in [5, 5.41) is 10.3. The zero-order valence-corrected chi connectivity index (χ0v) is 12.9. The molecule has 0 bridgehead atoms. The van der Waals surface area contributed by atoms with Gasteiger partial charge in [-0.25, -0.2) is 4.39 Å². The molecule has 112 valence electrons. The Labute approximate surface area is 133 Å². The van der Waals surface area contributed by atoms with Gasteiger partial charge in [-0.1, -0.05) is 28.1 Å². The lowest BCUT2D eigenvalue weighted by Gasteiger charge is -2.09. The van der Waals surface area contributed by atoms with Gasteiger partial charge in [0.15, 0.2) is 18.2 Å². The maximum Gasteiger partial charge on any atom is 0.262 e. The number of carbonyl (C=O) groups excluding carboxylic acids is 1. The summed E-state index contributed by atoms with van der Waals surface area (Å²) in [7, 11) is 0. The lowest BCUT2D eigenvalue weighted by atomic mass is 10.2. The Morgan fingerprint density at radius 2 is 2.23 bits per heavy atom. The number of ether oxygens (including phenoxy) is 1. The van der Waals surface area contributed by atoms with Gasteiger partial charge in [0.2, 0.25) is 0 Å². The van der Waals surface area contributed by atoms with Gasteiger partial charge in [-0.15, -0.1) is 0 Å². The van der Waals surface area contributed by atoms with E-state index in [4.69, 9.17) is 4.74 Å². The zero-order valence-electron chi connectivity index (χ0n) is 11.3. The van der Waals surface area contributed by atoms with Crippen molar-refractivity contribution < 1.29 is 13.9 Å². The third-order valence-electron chi connectivity index (χ3n) is 3.00. The number of hydrogen-bond donors (Lipinski definition) is 2. The van der Waals surface area contributed by atoms with E-state index in [1.807, 2.05) is 12.1 Å². The van der Waals surface area contributed by atoms with Crippen LogP contribution in [0.15, 0.2) is 47.1 Å². The van der Waals surface area contributed by atoms with Gasteiger partial charge < -0.3 is 10.1 Å². The number of halogens is 2. The molecule has 3 rings (SSSR count). The number of rotatable bonds is 4. The van der Waals surface area contributed by atoms with Crippen LogP contribution in [-0.2, 0) is 4.79 Å². The summed E-state index contributed by atoms with van der Waals surface area (Å²) in [5.74, 6) is -0.889. The van der Waals surface area contributed by atoms with E-state index in [-0.39, 0.29) is 18.3 Å². The lowest BCUT2D eigenvalue weighted by molar-refractivity contribution is -0.118. The molecule has 0 saturated carbocycles. The Balaban J connectivity index is 1.66. The van der Waals surface area contributed by atoms with Crippen LogP contribution in [0.5, 0.6) is 5.75 Å². The van der Waals surface area contributed by atoms with E-state index in [0.29, 0.717) is 10.2 Å². The number of aromatic amines is 1. The van der Waals surface area contributed by atoms with Gasteiger partial charge in [-0.05, 0) is 24.3 Å². The zero-order chi connectivity index (χ0) is 15.5. The first-order chi connectivity index (χ1) is 10.6. The first-order valence-electron chi connectivity index (χ1n) is 6.43. The molecule has 7 heteroatoms. The van der Waals surface area contributed by atoms with Crippen molar-refractivity contribution >= 4 is 38.4 Å². The second-order valence-corrected chi connectivity index (χ2v) is 5.47. The first kappa shape index (κ1) is 14.5. The maximum atomic E-state index is 13.6. The molecular formula is C15H11BrFN3O2. The van der Waals surface area contributed by atoms with Crippen LogP contribution in [0, 0.1) is 5.82 Å². The molecule has 0 saturated heterocycles. The van der Waals surface area contributed by atoms with Crippen LogP contribution in [-0.4, -0.2) is 22.7 Å². The fraction of sp³-hybridized carbons (Fsp3) is 0.0667. The summed E-state index contributed by atoms with van der Waals surface area (Å²) in [6, 6.07) is 9.81. The van der Waals surface area contributed by atoms with E-state index in [0.717, 1.165) is 10.9 Å². The number of amides is 1. The largest absolute Gasteiger partial charge is 0.481 e. The highest BCUT2D eigenvalue weighted by molar-refractivity contribution is 9.10. The van der Waals surface area contributed by atoms with Crippen LogP contribution in [0.2, 0.25) is 0 Å². The Hall–Kier alpha value is -2.41. The molecule has 0 fully saturated rings. The monoisotopic (exact) mass is 363 g/mol. The number of benzene rings is 2. The number of anilines is 1. The summed E-state index contributed by atoms with van der Waals surface area (Å²) >= 11 is 3.16. The summed E-state index contributed by atoms with van der Waals surface area (Å²) in [6.07, 6.45) is 1.67. The SMILES string of the molecule is O=C(COc1ccc(Br)cc1F)Nc1cccc2cn[nH]c12. The molecule has 2 aromatic carbocycles.